The van der Waals surface area contributed by atoms with Crippen molar-refractivity contribution in [3.05, 3.63) is 52.3 Å². The highest BCUT2D eigenvalue weighted by molar-refractivity contribution is 5.74. The van der Waals surface area contributed by atoms with E-state index in [1.807, 2.05) is 30.0 Å². The Bertz CT molecular complexity index is 790. The van der Waals surface area contributed by atoms with Crippen LogP contribution in [0.2, 0.25) is 0 Å². The number of aromatic nitrogens is 3. The number of piperidine rings is 1. The first kappa shape index (κ1) is 16.9. The number of pyridine rings is 1. The molecule has 1 saturated heterocycles. The summed E-state index contributed by atoms with van der Waals surface area (Å²) in [5.74, 6) is 0.401. The Kier molecular flexibility index (Phi) is 5.27. The first-order valence-electron chi connectivity index (χ1n) is 8.37. The summed E-state index contributed by atoms with van der Waals surface area (Å²) < 4.78 is 0. The standard InChI is InChI=1S/C17H22N6O2/c1-12-4-2-5-13(21-12)10-20-17(25)22-14-6-3-9-23(11-14)15-16(24)19-8-7-18-15/h2,4-5,7-8,14H,3,6,9-11H2,1H3,(H,19,24)(H2,20,22,25). The molecule has 1 fully saturated rings. The summed E-state index contributed by atoms with van der Waals surface area (Å²) in [5, 5.41) is 5.79. The van der Waals surface area contributed by atoms with Gasteiger partial charge < -0.3 is 20.5 Å². The molecule has 1 unspecified atom stereocenters. The second-order valence-corrected chi connectivity index (χ2v) is 6.12. The number of amides is 2. The van der Waals surface area contributed by atoms with Gasteiger partial charge in [-0.3, -0.25) is 9.78 Å². The number of rotatable bonds is 4. The van der Waals surface area contributed by atoms with Gasteiger partial charge in [0, 0.05) is 37.2 Å². The van der Waals surface area contributed by atoms with Crippen molar-refractivity contribution in [2.24, 2.45) is 0 Å². The Morgan fingerprint density at radius 3 is 3.12 bits per heavy atom. The predicted molar refractivity (Wildman–Crippen MR) is 94.4 cm³/mol. The summed E-state index contributed by atoms with van der Waals surface area (Å²) in [7, 11) is 0. The van der Waals surface area contributed by atoms with Crippen LogP contribution in [0.15, 0.2) is 35.4 Å². The van der Waals surface area contributed by atoms with Gasteiger partial charge in [0.2, 0.25) is 0 Å². The van der Waals surface area contributed by atoms with Gasteiger partial charge in [-0.25, -0.2) is 9.78 Å². The fourth-order valence-electron chi connectivity index (χ4n) is 2.96. The van der Waals surface area contributed by atoms with E-state index in [-0.39, 0.29) is 17.6 Å². The van der Waals surface area contributed by atoms with E-state index < -0.39 is 0 Å². The number of nitrogens with zero attached hydrogens (tertiary/aromatic N) is 3. The third-order valence-corrected chi connectivity index (χ3v) is 4.12. The van der Waals surface area contributed by atoms with Crippen LogP contribution in [-0.2, 0) is 6.54 Å². The number of carbonyl (C=O) groups excluding carboxylic acids is 1. The largest absolute Gasteiger partial charge is 0.350 e. The van der Waals surface area contributed by atoms with Crippen LogP contribution in [0.1, 0.15) is 24.2 Å². The zero-order chi connectivity index (χ0) is 17.6. The van der Waals surface area contributed by atoms with Crippen molar-refractivity contribution in [3.63, 3.8) is 0 Å². The van der Waals surface area contributed by atoms with E-state index >= 15 is 0 Å². The molecule has 25 heavy (non-hydrogen) atoms. The second-order valence-electron chi connectivity index (χ2n) is 6.12. The van der Waals surface area contributed by atoms with Gasteiger partial charge in [-0.05, 0) is 31.9 Å². The van der Waals surface area contributed by atoms with Gasteiger partial charge in [0.25, 0.3) is 5.56 Å². The first-order valence-corrected chi connectivity index (χ1v) is 8.37. The third kappa shape index (κ3) is 4.56. The number of hydrogen-bond donors (Lipinski definition) is 3. The van der Waals surface area contributed by atoms with Crippen LogP contribution >= 0.6 is 0 Å². The van der Waals surface area contributed by atoms with Crippen molar-refractivity contribution in [2.75, 3.05) is 18.0 Å². The lowest BCUT2D eigenvalue weighted by Gasteiger charge is -2.33. The van der Waals surface area contributed by atoms with Gasteiger partial charge in [0.15, 0.2) is 5.82 Å². The maximum Gasteiger partial charge on any atom is 0.315 e. The molecule has 0 bridgehead atoms. The van der Waals surface area contributed by atoms with Gasteiger partial charge in [0.05, 0.1) is 12.2 Å². The van der Waals surface area contributed by atoms with Crippen LogP contribution in [0.4, 0.5) is 10.6 Å². The molecule has 3 rings (SSSR count). The Hall–Kier alpha value is -2.90. The van der Waals surface area contributed by atoms with Crippen LogP contribution in [0.3, 0.4) is 0 Å². The van der Waals surface area contributed by atoms with E-state index in [1.54, 1.807) is 6.20 Å². The minimum Gasteiger partial charge on any atom is -0.350 e. The summed E-state index contributed by atoms with van der Waals surface area (Å²) in [6.45, 7) is 3.62. The lowest BCUT2D eigenvalue weighted by Crippen LogP contribution is -2.51. The van der Waals surface area contributed by atoms with Gasteiger partial charge in [-0.1, -0.05) is 6.07 Å². The maximum atomic E-state index is 12.1. The van der Waals surface area contributed by atoms with Crippen LogP contribution in [0, 0.1) is 6.92 Å². The highest BCUT2D eigenvalue weighted by atomic mass is 16.2. The molecule has 8 heteroatoms. The lowest BCUT2D eigenvalue weighted by atomic mass is 10.1. The van der Waals surface area contributed by atoms with E-state index in [2.05, 4.69) is 25.6 Å². The molecule has 2 aromatic heterocycles. The molecule has 1 atom stereocenters. The van der Waals surface area contributed by atoms with Crippen LogP contribution in [0.25, 0.3) is 0 Å². The summed E-state index contributed by atoms with van der Waals surface area (Å²) >= 11 is 0. The molecule has 0 saturated carbocycles. The van der Waals surface area contributed by atoms with E-state index in [1.165, 1.54) is 6.20 Å². The van der Waals surface area contributed by atoms with Crippen molar-refractivity contribution in [3.8, 4) is 0 Å². The van der Waals surface area contributed by atoms with Gasteiger partial charge in [-0.15, -0.1) is 0 Å². The third-order valence-electron chi connectivity index (χ3n) is 4.12. The fourth-order valence-corrected chi connectivity index (χ4v) is 2.96. The molecule has 1 aliphatic rings. The molecule has 8 nitrogen and oxygen atoms in total. The number of urea groups is 1. The first-order chi connectivity index (χ1) is 12.1. The molecule has 0 aliphatic carbocycles. The summed E-state index contributed by atoms with van der Waals surface area (Å²) in [6, 6.07) is 5.45. The normalized spacial score (nSPS) is 17.2. The second kappa shape index (κ2) is 7.78. The van der Waals surface area contributed by atoms with E-state index in [0.717, 1.165) is 30.8 Å². The molecule has 0 spiro atoms. The number of carbonyl (C=O) groups is 1. The summed E-state index contributed by atoms with van der Waals surface area (Å²) in [4.78, 5) is 37.0. The molecule has 132 valence electrons. The molecule has 2 amide bonds. The van der Waals surface area contributed by atoms with Crippen molar-refractivity contribution in [2.45, 2.75) is 32.4 Å². The van der Waals surface area contributed by atoms with Crippen molar-refractivity contribution in [1.82, 2.24) is 25.6 Å². The molecule has 3 heterocycles. The molecule has 0 aromatic carbocycles. The number of aromatic amines is 1. The van der Waals surface area contributed by atoms with Crippen LogP contribution < -0.4 is 21.1 Å². The van der Waals surface area contributed by atoms with Crippen LogP contribution in [0.5, 0.6) is 0 Å². The zero-order valence-corrected chi connectivity index (χ0v) is 14.2. The highest BCUT2D eigenvalue weighted by Gasteiger charge is 2.23. The summed E-state index contributed by atoms with van der Waals surface area (Å²) in [5.41, 5.74) is 1.53. The number of nitrogens with one attached hydrogen (secondary N) is 3. The molecule has 3 N–H and O–H groups in total. The average Bonchev–Trinajstić information content (AvgIpc) is 2.61. The van der Waals surface area contributed by atoms with Crippen molar-refractivity contribution in [1.29, 1.82) is 0 Å². The zero-order valence-electron chi connectivity index (χ0n) is 14.2. The lowest BCUT2D eigenvalue weighted by molar-refractivity contribution is 0.234. The molecule has 1 aliphatic heterocycles. The highest BCUT2D eigenvalue weighted by Crippen LogP contribution is 2.14. The monoisotopic (exact) mass is 342 g/mol. The van der Waals surface area contributed by atoms with Gasteiger partial charge >= 0.3 is 6.03 Å². The van der Waals surface area contributed by atoms with Gasteiger partial charge in [-0.2, -0.15) is 0 Å². The van der Waals surface area contributed by atoms with Gasteiger partial charge in [0.1, 0.15) is 0 Å². The van der Waals surface area contributed by atoms with E-state index in [9.17, 15) is 9.59 Å². The number of anilines is 1. The number of H-pyrrole nitrogens is 1. The molecular formula is C17H22N6O2. The number of aryl methyl sites for hydroxylation is 1. The number of hydrogen-bond acceptors (Lipinski definition) is 5. The Morgan fingerprint density at radius 2 is 2.32 bits per heavy atom. The molecular weight excluding hydrogens is 320 g/mol. The predicted octanol–water partition coefficient (Wildman–Crippen LogP) is 0.942. The fraction of sp³-hybridized carbons (Fsp3) is 0.412. The summed E-state index contributed by atoms with van der Waals surface area (Å²) in [6.07, 6.45) is 4.84. The Labute approximate surface area is 145 Å². The van der Waals surface area contributed by atoms with E-state index in [0.29, 0.717) is 18.9 Å². The SMILES string of the molecule is Cc1cccc(CNC(=O)NC2CCCN(c3ncc[nH]c3=O)C2)n1. The Balaban J connectivity index is 1.53. The van der Waals surface area contributed by atoms with Crippen molar-refractivity contribution >= 4 is 11.8 Å². The minimum absolute atomic E-state index is 0.0272. The Morgan fingerprint density at radius 1 is 1.44 bits per heavy atom. The smallest absolute Gasteiger partial charge is 0.315 e. The quantitative estimate of drug-likeness (QED) is 0.767. The molecule has 2 aromatic rings. The maximum absolute atomic E-state index is 12.1. The van der Waals surface area contributed by atoms with Crippen LogP contribution in [-0.4, -0.2) is 40.1 Å². The van der Waals surface area contributed by atoms with E-state index in [4.69, 9.17) is 0 Å². The molecule has 0 radical (unpaired) electrons. The topological polar surface area (TPSA) is 103 Å². The van der Waals surface area contributed by atoms with Crippen molar-refractivity contribution < 1.29 is 4.79 Å². The minimum atomic E-state index is -0.231. The average molecular weight is 342 g/mol.